The van der Waals surface area contributed by atoms with Gasteiger partial charge in [-0.1, -0.05) is 130 Å². The molecule has 0 heterocycles. The van der Waals surface area contributed by atoms with E-state index in [4.69, 9.17) is 14.2 Å². The Morgan fingerprint density at radius 2 is 0.765 bits per heavy atom. The number of unbranched alkanes of at least 4 members (excludes halogenated alkanes) is 14. The van der Waals surface area contributed by atoms with Gasteiger partial charge in [0.15, 0.2) is 0 Å². The van der Waals surface area contributed by atoms with Gasteiger partial charge < -0.3 is 19.1 Å². The van der Waals surface area contributed by atoms with E-state index in [0.717, 1.165) is 179 Å². The second-order valence-corrected chi connectivity index (χ2v) is 16.2. The van der Waals surface area contributed by atoms with Gasteiger partial charge in [-0.15, -0.1) is 11.8 Å². The number of carbonyl (C=O) groups is 3. The third-order valence-electron chi connectivity index (χ3n) is 9.63. The average molecular weight is 742 g/mol. The highest BCUT2D eigenvalue weighted by molar-refractivity contribution is 7.99. The second kappa shape index (κ2) is 37.1. The van der Waals surface area contributed by atoms with E-state index in [9.17, 15) is 14.4 Å². The molecule has 0 radical (unpaired) electrons. The van der Waals surface area contributed by atoms with Gasteiger partial charge in [-0.25, -0.2) is 0 Å². The highest BCUT2D eigenvalue weighted by Gasteiger charge is 2.16. The van der Waals surface area contributed by atoms with Crippen molar-refractivity contribution in [1.82, 2.24) is 4.90 Å². The number of hydrogen-bond acceptors (Lipinski definition) is 8. The molecule has 0 unspecified atom stereocenters. The first kappa shape index (κ1) is 49.7. The lowest BCUT2D eigenvalue weighted by Gasteiger charge is -2.18. The zero-order valence-corrected chi connectivity index (χ0v) is 35.3. The molecule has 0 aromatic rings. The standard InChI is InChI=1S/C43H83NO6S/c1-7-11-27-38(28-12-8-2)48-41(45)33-25-21-17-15-19-23-31-40(50-43(47)37-51-36-35-44(5)6)32-24-20-16-18-22-26-34-42(46)49-39(29-13-9-3)30-14-10-4/h38-40H,7-37H2,1-6H3. The number of rotatable bonds is 38. The summed E-state index contributed by atoms with van der Waals surface area (Å²) in [5.41, 5.74) is 0. The lowest BCUT2D eigenvalue weighted by Crippen LogP contribution is -2.21. The van der Waals surface area contributed by atoms with Crippen LogP contribution in [0.15, 0.2) is 0 Å². The minimum atomic E-state index is -0.0826. The van der Waals surface area contributed by atoms with Crippen LogP contribution in [0.3, 0.4) is 0 Å². The van der Waals surface area contributed by atoms with Crippen LogP contribution < -0.4 is 0 Å². The predicted molar refractivity (Wildman–Crippen MR) is 217 cm³/mol. The number of carbonyl (C=O) groups excluding carboxylic acids is 3. The lowest BCUT2D eigenvalue weighted by atomic mass is 10.0. The maximum Gasteiger partial charge on any atom is 0.316 e. The molecule has 7 nitrogen and oxygen atoms in total. The molecule has 51 heavy (non-hydrogen) atoms. The number of ether oxygens (including phenoxy) is 3. The maximum absolute atomic E-state index is 12.6. The Morgan fingerprint density at radius 1 is 0.451 bits per heavy atom. The molecule has 0 aliphatic carbocycles. The Hall–Kier alpha value is -1.28. The molecule has 0 amide bonds. The van der Waals surface area contributed by atoms with Crippen LogP contribution in [0.25, 0.3) is 0 Å². The highest BCUT2D eigenvalue weighted by Crippen LogP contribution is 2.20. The molecule has 0 fully saturated rings. The summed E-state index contributed by atoms with van der Waals surface area (Å²) in [5.74, 6) is 1.22. The van der Waals surface area contributed by atoms with E-state index in [2.05, 4.69) is 46.7 Å². The molecule has 0 aliphatic rings. The van der Waals surface area contributed by atoms with Crippen LogP contribution in [0.1, 0.15) is 207 Å². The van der Waals surface area contributed by atoms with Crippen LogP contribution in [0.4, 0.5) is 0 Å². The zero-order chi connectivity index (χ0) is 37.8. The molecule has 0 rings (SSSR count). The predicted octanol–water partition coefficient (Wildman–Crippen LogP) is 12.0. The molecule has 0 aromatic heterocycles. The molecule has 0 spiro atoms. The van der Waals surface area contributed by atoms with Crippen LogP contribution in [0, 0.1) is 0 Å². The van der Waals surface area contributed by atoms with Crippen LogP contribution in [-0.2, 0) is 28.6 Å². The van der Waals surface area contributed by atoms with Crippen molar-refractivity contribution in [3.05, 3.63) is 0 Å². The van der Waals surface area contributed by atoms with Crippen molar-refractivity contribution >= 4 is 29.7 Å². The third-order valence-corrected chi connectivity index (χ3v) is 10.5. The van der Waals surface area contributed by atoms with Gasteiger partial charge in [0.1, 0.15) is 18.3 Å². The lowest BCUT2D eigenvalue weighted by molar-refractivity contribution is -0.151. The van der Waals surface area contributed by atoms with Crippen molar-refractivity contribution in [3.63, 3.8) is 0 Å². The van der Waals surface area contributed by atoms with Crippen LogP contribution in [0.2, 0.25) is 0 Å². The zero-order valence-electron chi connectivity index (χ0n) is 34.5. The Bertz CT molecular complexity index is 743. The quantitative estimate of drug-likeness (QED) is 0.0351. The molecule has 0 bridgehead atoms. The molecule has 0 N–H and O–H groups in total. The molecule has 0 aromatic carbocycles. The van der Waals surface area contributed by atoms with Gasteiger partial charge in [-0.2, -0.15) is 0 Å². The Labute approximate surface area is 320 Å². The van der Waals surface area contributed by atoms with Crippen molar-refractivity contribution in [2.75, 3.05) is 32.1 Å². The van der Waals surface area contributed by atoms with E-state index in [0.29, 0.717) is 18.6 Å². The summed E-state index contributed by atoms with van der Waals surface area (Å²) >= 11 is 1.65. The van der Waals surface area contributed by atoms with Crippen molar-refractivity contribution in [1.29, 1.82) is 0 Å². The van der Waals surface area contributed by atoms with Crippen molar-refractivity contribution in [2.24, 2.45) is 0 Å². The minimum Gasteiger partial charge on any atom is -0.462 e. The monoisotopic (exact) mass is 742 g/mol. The van der Waals surface area contributed by atoms with Gasteiger partial charge in [-0.3, -0.25) is 14.4 Å². The van der Waals surface area contributed by atoms with E-state index in [1.165, 1.54) is 0 Å². The van der Waals surface area contributed by atoms with Gasteiger partial charge in [0.2, 0.25) is 0 Å². The summed E-state index contributed by atoms with van der Waals surface area (Å²) in [4.78, 5) is 39.5. The Morgan fingerprint density at radius 3 is 1.12 bits per heavy atom. The first-order valence-corrected chi connectivity index (χ1v) is 22.7. The molecule has 302 valence electrons. The van der Waals surface area contributed by atoms with Gasteiger partial charge in [0.25, 0.3) is 0 Å². The van der Waals surface area contributed by atoms with Crippen LogP contribution in [-0.4, -0.2) is 73.3 Å². The largest absolute Gasteiger partial charge is 0.462 e. The summed E-state index contributed by atoms with van der Waals surface area (Å²) in [7, 11) is 4.10. The average Bonchev–Trinajstić information content (AvgIpc) is 3.10. The fourth-order valence-electron chi connectivity index (χ4n) is 6.32. The first-order valence-electron chi connectivity index (χ1n) is 21.6. The maximum atomic E-state index is 12.6. The van der Waals surface area contributed by atoms with E-state index < -0.39 is 0 Å². The molecule has 0 aliphatic heterocycles. The first-order chi connectivity index (χ1) is 24.7. The SMILES string of the molecule is CCCCC(CCCC)OC(=O)CCCCCCCCC(CCCCCCCCC(=O)OC(CCCC)CCCC)OC(=O)CSCCN(C)C. The summed E-state index contributed by atoms with van der Waals surface area (Å²) in [5, 5.41) is 0. The smallest absolute Gasteiger partial charge is 0.316 e. The number of esters is 3. The van der Waals surface area contributed by atoms with Crippen molar-refractivity contribution < 1.29 is 28.6 Å². The highest BCUT2D eigenvalue weighted by atomic mass is 32.2. The number of hydrogen-bond donors (Lipinski definition) is 0. The molecule has 0 atom stereocenters. The fraction of sp³-hybridized carbons (Fsp3) is 0.930. The Balaban J connectivity index is 4.36. The summed E-state index contributed by atoms with van der Waals surface area (Å²) in [6, 6.07) is 0. The summed E-state index contributed by atoms with van der Waals surface area (Å²) in [6.07, 6.45) is 29.0. The number of thioether (sulfide) groups is 1. The van der Waals surface area contributed by atoms with Gasteiger partial charge in [0, 0.05) is 25.1 Å². The van der Waals surface area contributed by atoms with E-state index >= 15 is 0 Å². The van der Waals surface area contributed by atoms with Crippen molar-refractivity contribution in [2.45, 2.75) is 226 Å². The van der Waals surface area contributed by atoms with Gasteiger partial charge in [0.05, 0.1) is 5.75 Å². The molecule has 0 saturated heterocycles. The Kier molecular flexibility index (Phi) is 36.1. The summed E-state index contributed by atoms with van der Waals surface area (Å²) in [6.45, 7) is 9.70. The molecule has 0 saturated carbocycles. The van der Waals surface area contributed by atoms with E-state index in [1.807, 2.05) is 0 Å². The van der Waals surface area contributed by atoms with Crippen LogP contribution >= 0.6 is 11.8 Å². The van der Waals surface area contributed by atoms with Gasteiger partial charge >= 0.3 is 17.9 Å². The minimum absolute atomic E-state index is 0.00165. The normalized spacial score (nSPS) is 11.6. The molecular formula is C43H83NO6S. The number of nitrogens with zero attached hydrogens (tertiary/aromatic N) is 1. The summed E-state index contributed by atoms with van der Waals surface area (Å²) < 4.78 is 17.6. The van der Waals surface area contributed by atoms with E-state index in [1.54, 1.807) is 11.8 Å². The van der Waals surface area contributed by atoms with Crippen molar-refractivity contribution in [3.8, 4) is 0 Å². The fourth-order valence-corrected chi connectivity index (χ4v) is 7.20. The second-order valence-electron chi connectivity index (χ2n) is 15.1. The van der Waals surface area contributed by atoms with E-state index in [-0.39, 0.29) is 36.2 Å². The van der Waals surface area contributed by atoms with Gasteiger partial charge in [-0.05, 0) is 78.3 Å². The third kappa shape index (κ3) is 34.3. The molecular weight excluding hydrogens is 659 g/mol. The van der Waals surface area contributed by atoms with Crippen LogP contribution in [0.5, 0.6) is 0 Å². The topological polar surface area (TPSA) is 82.1 Å². The molecule has 8 heteroatoms.